The van der Waals surface area contributed by atoms with Gasteiger partial charge in [0.15, 0.2) is 0 Å². The summed E-state index contributed by atoms with van der Waals surface area (Å²) < 4.78 is 0. The maximum atomic E-state index is 13.4. The van der Waals surface area contributed by atoms with Gasteiger partial charge in [-0.1, -0.05) is 23.2 Å². The van der Waals surface area contributed by atoms with Gasteiger partial charge in [-0.15, -0.1) is 0 Å². The summed E-state index contributed by atoms with van der Waals surface area (Å²) in [6.45, 7) is 2.31. The summed E-state index contributed by atoms with van der Waals surface area (Å²) in [6.07, 6.45) is 4.59. The van der Waals surface area contributed by atoms with Crippen LogP contribution in [0.4, 0.5) is 0 Å². The number of benzene rings is 1. The van der Waals surface area contributed by atoms with Crippen LogP contribution in [0.1, 0.15) is 28.8 Å². The highest BCUT2D eigenvalue weighted by Gasteiger charge is 2.31. The fraction of sp³-hybridized carbons (Fsp3) is 0.304. The van der Waals surface area contributed by atoms with Crippen molar-refractivity contribution in [1.82, 2.24) is 20.1 Å². The van der Waals surface area contributed by atoms with E-state index in [2.05, 4.69) is 10.3 Å². The molecule has 2 aliphatic rings. The summed E-state index contributed by atoms with van der Waals surface area (Å²) in [4.78, 5) is 33.9. The first-order valence-corrected chi connectivity index (χ1v) is 11.2. The van der Waals surface area contributed by atoms with E-state index in [-0.39, 0.29) is 18.4 Å². The normalized spacial score (nSPS) is 19.6. The second-order valence-corrected chi connectivity index (χ2v) is 8.61. The Hall–Kier alpha value is -2.90. The van der Waals surface area contributed by atoms with Crippen molar-refractivity contribution in [2.75, 3.05) is 26.2 Å². The molecule has 0 aliphatic carbocycles. The number of hydrogen-bond donors (Lipinski definition) is 2. The summed E-state index contributed by atoms with van der Waals surface area (Å²) in [5, 5.41) is 12.4. The standard InChI is InChI=1S/C23H23Cl2N5O2/c24-18-3-2-16(12-19(18)25)22(31)30-11-6-20(26)17(14-30)21-23(32)29(10-1-7-28-21)13-15-4-8-27-9-5-15/h2-5,8-9,12,26,28H,1,6-7,10-11,13-14H2/b21-17-,26-20?. The van der Waals surface area contributed by atoms with Crippen molar-refractivity contribution >= 4 is 40.7 Å². The van der Waals surface area contributed by atoms with Crippen LogP contribution in [-0.2, 0) is 11.3 Å². The van der Waals surface area contributed by atoms with Gasteiger partial charge in [-0.2, -0.15) is 0 Å². The third kappa shape index (κ3) is 4.79. The second kappa shape index (κ2) is 9.71. The molecule has 2 N–H and O–H groups in total. The molecule has 0 spiro atoms. The smallest absolute Gasteiger partial charge is 0.270 e. The lowest BCUT2D eigenvalue weighted by Gasteiger charge is -2.31. The van der Waals surface area contributed by atoms with Gasteiger partial charge in [0, 0.05) is 68.4 Å². The predicted molar refractivity (Wildman–Crippen MR) is 124 cm³/mol. The zero-order valence-corrected chi connectivity index (χ0v) is 18.9. The van der Waals surface area contributed by atoms with Crippen LogP contribution in [0.25, 0.3) is 0 Å². The first-order chi connectivity index (χ1) is 15.4. The first-order valence-electron chi connectivity index (χ1n) is 10.4. The van der Waals surface area contributed by atoms with Gasteiger partial charge in [-0.25, -0.2) is 0 Å². The summed E-state index contributed by atoms with van der Waals surface area (Å²) in [6, 6.07) is 8.55. The van der Waals surface area contributed by atoms with Crippen molar-refractivity contribution in [1.29, 1.82) is 5.41 Å². The number of rotatable bonds is 3. The maximum absolute atomic E-state index is 13.4. The Labute approximate surface area is 196 Å². The average Bonchev–Trinajstić information content (AvgIpc) is 2.98. The minimum Gasteiger partial charge on any atom is -0.380 e. The molecule has 0 saturated carbocycles. The van der Waals surface area contributed by atoms with E-state index in [0.29, 0.717) is 65.2 Å². The van der Waals surface area contributed by atoms with E-state index in [1.54, 1.807) is 40.4 Å². The van der Waals surface area contributed by atoms with E-state index in [9.17, 15) is 9.59 Å². The number of amides is 2. The molecule has 0 atom stereocenters. The number of aromatic nitrogens is 1. The van der Waals surface area contributed by atoms with Crippen molar-refractivity contribution in [2.45, 2.75) is 19.4 Å². The van der Waals surface area contributed by atoms with Crippen LogP contribution in [0.3, 0.4) is 0 Å². The molecule has 4 rings (SSSR count). The Morgan fingerprint density at radius 3 is 2.66 bits per heavy atom. The fourth-order valence-electron chi connectivity index (χ4n) is 3.89. The quantitative estimate of drug-likeness (QED) is 0.669. The van der Waals surface area contributed by atoms with Gasteiger partial charge in [0.1, 0.15) is 5.70 Å². The van der Waals surface area contributed by atoms with Gasteiger partial charge in [-0.05, 0) is 42.3 Å². The minimum absolute atomic E-state index is 0.150. The van der Waals surface area contributed by atoms with Crippen LogP contribution in [0.15, 0.2) is 54.0 Å². The van der Waals surface area contributed by atoms with E-state index in [1.807, 2.05) is 12.1 Å². The Morgan fingerprint density at radius 1 is 1.12 bits per heavy atom. The minimum atomic E-state index is -0.205. The van der Waals surface area contributed by atoms with Gasteiger partial charge >= 0.3 is 0 Å². The number of carbonyl (C=O) groups excluding carboxylic acids is 2. The first kappa shape index (κ1) is 22.3. The second-order valence-electron chi connectivity index (χ2n) is 7.80. The summed E-state index contributed by atoms with van der Waals surface area (Å²) in [5.74, 6) is -0.355. The molecule has 0 radical (unpaired) electrons. The highest BCUT2D eigenvalue weighted by atomic mass is 35.5. The third-order valence-corrected chi connectivity index (χ3v) is 6.37. The Kier molecular flexibility index (Phi) is 6.77. The average molecular weight is 472 g/mol. The molecule has 9 heteroatoms. The van der Waals surface area contributed by atoms with Gasteiger partial charge in [0.25, 0.3) is 11.8 Å². The largest absolute Gasteiger partial charge is 0.380 e. The molecule has 2 amide bonds. The number of nitrogens with one attached hydrogen (secondary N) is 2. The Bertz CT molecular complexity index is 1090. The van der Waals surface area contributed by atoms with Crippen LogP contribution < -0.4 is 5.32 Å². The molecule has 0 bridgehead atoms. The number of nitrogens with zero attached hydrogens (tertiary/aromatic N) is 3. The topological polar surface area (TPSA) is 89.4 Å². The molecule has 166 valence electrons. The zero-order chi connectivity index (χ0) is 22.7. The van der Waals surface area contributed by atoms with Gasteiger partial charge in [0.2, 0.25) is 0 Å². The SMILES string of the molecule is N=C1CCN(C(=O)c2ccc(Cl)c(Cl)c2)C/C1=C1/NCCCN(Cc2ccncc2)C1=O. The number of pyridine rings is 1. The van der Waals surface area contributed by atoms with E-state index >= 15 is 0 Å². The van der Waals surface area contributed by atoms with Crippen LogP contribution >= 0.6 is 23.2 Å². The highest BCUT2D eigenvalue weighted by molar-refractivity contribution is 6.42. The number of piperidine rings is 1. The Balaban J connectivity index is 1.59. The monoisotopic (exact) mass is 471 g/mol. The van der Waals surface area contributed by atoms with Crippen molar-refractivity contribution in [3.63, 3.8) is 0 Å². The molecule has 7 nitrogen and oxygen atoms in total. The third-order valence-electron chi connectivity index (χ3n) is 5.63. The number of carbonyl (C=O) groups is 2. The summed E-state index contributed by atoms with van der Waals surface area (Å²) in [5.41, 5.74) is 2.78. The van der Waals surface area contributed by atoms with Crippen LogP contribution in [0.5, 0.6) is 0 Å². The zero-order valence-electron chi connectivity index (χ0n) is 17.4. The number of likely N-dealkylation sites (tertiary alicyclic amines) is 1. The predicted octanol–water partition coefficient (Wildman–Crippen LogP) is 3.53. The molecule has 2 aliphatic heterocycles. The van der Waals surface area contributed by atoms with E-state index in [1.165, 1.54) is 0 Å². The van der Waals surface area contributed by atoms with E-state index in [0.717, 1.165) is 12.0 Å². The van der Waals surface area contributed by atoms with Crippen LogP contribution in [0.2, 0.25) is 10.0 Å². The molecular weight excluding hydrogens is 449 g/mol. The van der Waals surface area contributed by atoms with Gasteiger partial charge < -0.3 is 20.5 Å². The molecule has 2 aromatic rings. The maximum Gasteiger partial charge on any atom is 0.270 e. The number of hydrogen-bond acceptors (Lipinski definition) is 5. The summed E-state index contributed by atoms with van der Waals surface area (Å²) >= 11 is 12.1. The Morgan fingerprint density at radius 2 is 1.91 bits per heavy atom. The van der Waals surface area contributed by atoms with Gasteiger partial charge in [-0.3, -0.25) is 14.6 Å². The lowest BCUT2D eigenvalue weighted by Crippen LogP contribution is -2.43. The molecule has 3 heterocycles. The molecule has 2 fully saturated rings. The number of halogens is 2. The molecule has 2 saturated heterocycles. The molecule has 1 aromatic carbocycles. The van der Waals surface area contributed by atoms with Crippen molar-refractivity contribution in [2.24, 2.45) is 0 Å². The lowest BCUT2D eigenvalue weighted by atomic mass is 9.98. The van der Waals surface area contributed by atoms with Gasteiger partial charge in [0.05, 0.1) is 10.0 Å². The van der Waals surface area contributed by atoms with Crippen LogP contribution in [-0.4, -0.2) is 58.5 Å². The van der Waals surface area contributed by atoms with Crippen molar-refractivity contribution in [3.05, 3.63) is 75.2 Å². The lowest BCUT2D eigenvalue weighted by molar-refractivity contribution is -0.127. The summed E-state index contributed by atoms with van der Waals surface area (Å²) in [7, 11) is 0. The van der Waals surface area contributed by atoms with Crippen molar-refractivity contribution < 1.29 is 9.59 Å². The highest BCUT2D eigenvalue weighted by Crippen LogP contribution is 2.25. The fourth-order valence-corrected chi connectivity index (χ4v) is 4.19. The van der Waals surface area contributed by atoms with E-state index < -0.39 is 0 Å². The van der Waals surface area contributed by atoms with Crippen molar-refractivity contribution in [3.8, 4) is 0 Å². The van der Waals surface area contributed by atoms with Crippen LogP contribution in [0, 0.1) is 5.41 Å². The molecule has 32 heavy (non-hydrogen) atoms. The molecular formula is C23H23Cl2N5O2. The van der Waals surface area contributed by atoms with E-state index in [4.69, 9.17) is 28.6 Å². The molecule has 0 unspecified atom stereocenters. The molecule has 1 aromatic heterocycles.